The first-order chi connectivity index (χ1) is 1.91. The van der Waals surface area contributed by atoms with Crippen molar-refractivity contribution in [3.63, 3.8) is 0 Å². The van der Waals surface area contributed by atoms with Crippen LogP contribution in [-0.4, -0.2) is 0 Å². The monoisotopic (exact) mass is 119 g/mol. The van der Waals surface area contributed by atoms with Crippen molar-refractivity contribution in [3.05, 3.63) is 19.1 Å². The van der Waals surface area contributed by atoms with Gasteiger partial charge in [-0.3, -0.25) is 0 Å². The molecule has 0 aliphatic heterocycles. The van der Waals surface area contributed by atoms with Crippen LogP contribution in [0.1, 0.15) is 6.92 Å². The number of hydrogen-bond acceptors (Lipinski definition) is 0. The normalized spacial score (nSPS) is 7.40. The Bertz CT molecular complexity index is 18.8. The van der Waals surface area contributed by atoms with Gasteiger partial charge in [-0.05, 0) is 0 Å². The molecular weight excluding hydrogens is 113 g/mol. The molecule has 0 atom stereocenters. The molecule has 5 heavy (non-hydrogen) atoms. The third kappa shape index (κ3) is 13.9. The van der Waals surface area contributed by atoms with E-state index >= 15 is 0 Å². The van der Waals surface area contributed by atoms with Crippen LogP contribution in [0.15, 0.2) is 12.2 Å². The van der Waals surface area contributed by atoms with Gasteiger partial charge in [-0.25, -0.2) is 19.1 Å². The second kappa shape index (κ2) is 8.87. The Morgan fingerprint density at radius 1 is 1.60 bits per heavy atom. The van der Waals surface area contributed by atoms with Gasteiger partial charge in [0.15, 0.2) is 0 Å². The summed E-state index contributed by atoms with van der Waals surface area (Å²) in [6.45, 7) is 5.36. The number of hydrogen-bond donors (Lipinski definition) is 0. The van der Waals surface area contributed by atoms with E-state index in [4.69, 9.17) is 0 Å². The minimum atomic E-state index is 0. The van der Waals surface area contributed by atoms with Crippen molar-refractivity contribution in [2.45, 2.75) is 6.92 Å². The summed E-state index contributed by atoms with van der Waals surface area (Å²) in [6.07, 6.45) is 3.64. The van der Waals surface area contributed by atoms with Crippen molar-refractivity contribution in [2.75, 3.05) is 0 Å². The number of allylic oxidation sites excluding steroid dienone is 2. The molecule has 0 heterocycles. The van der Waals surface area contributed by atoms with E-state index in [1.165, 1.54) is 0 Å². The maximum absolute atomic E-state index is 3.42. The van der Waals surface area contributed by atoms with Crippen LogP contribution in [0.5, 0.6) is 0 Å². The summed E-state index contributed by atoms with van der Waals surface area (Å²) >= 11 is 0. The second-order valence-corrected chi connectivity index (χ2v) is 0.569. The standard InChI is InChI=1S/C4H7.Zn/c1-3-4-2;/h3-4H,1H2,2H3;/q-1;. The fraction of sp³-hybridized carbons (Fsp3) is 0.250. The summed E-state index contributed by atoms with van der Waals surface area (Å²) in [5.74, 6) is 0. The van der Waals surface area contributed by atoms with Crippen molar-refractivity contribution in [1.82, 2.24) is 0 Å². The molecule has 0 saturated carbocycles. The van der Waals surface area contributed by atoms with E-state index in [9.17, 15) is 0 Å². The molecule has 0 rings (SSSR count). The second-order valence-electron chi connectivity index (χ2n) is 0.569. The molecule has 0 radical (unpaired) electrons. The molecule has 0 saturated heterocycles. The largest absolute Gasteiger partial charge is 0.245 e. The molecule has 0 spiro atoms. The summed E-state index contributed by atoms with van der Waals surface area (Å²) < 4.78 is 0. The molecule has 0 nitrogen and oxygen atoms in total. The average Bonchev–Trinajstić information content (AvgIpc) is 1.37. The predicted molar refractivity (Wildman–Crippen MR) is 20.2 cm³/mol. The van der Waals surface area contributed by atoms with E-state index < -0.39 is 0 Å². The molecule has 0 amide bonds. The maximum atomic E-state index is 3.42. The Morgan fingerprint density at radius 2 is 1.80 bits per heavy atom. The molecule has 0 aromatic rings. The topological polar surface area (TPSA) is 0 Å². The van der Waals surface area contributed by atoms with Crippen LogP contribution in [0.25, 0.3) is 0 Å². The molecular formula is C4H7Zn-. The van der Waals surface area contributed by atoms with Crippen LogP contribution in [0, 0.1) is 6.92 Å². The first-order valence-corrected chi connectivity index (χ1v) is 1.32. The van der Waals surface area contributed by atoms with Crippen molar-refractivity contribution in [2.24, 2.45) is 0 Å². The predicted octanol–water partition coefficient (Wildman–Crippen LogP) is 1.39. The molecule has 0 aliphatic carbocycles. The molecule has 0 unspecified atom stereocenters. The van der Waals surface area contributed by atoms with Gasteiger partial charge in [-0.2, -0.15) is 0 Å². The van der Waals surface area contributed by atoms with Gasteiger partial charge in [-0.15, -0.1) is 6.92 Å². The quantitative estimate of drug-likeness (QED) is 0.335. The van der Waals surface area contributed by atoms with Crippen molar-refractivity contribution in [3.8, 4) is 0 Å². The third-order valence-corrected chi connectivity index (χ3v) is 0.236. The molecule has 26 valence electrons. The molecule has 0 aromatic carbocycles. The van der Waals surface area contributed by atoms with Crippen molar-refractivity contribution < 1.29 is 19.5 Å². The van der Waals surface area contributed by atoms with Gasteiger partial charge in [0, 0.05) is 19.5 Å². The minimum absolute atomic E-state index is 0. The summed E-state index contributed by atoms with van der Waals surface area (Å²) in [7, 11) is 0. The van der Waals surface area contributed by atoms with Gasteiger partial charge in [0.2, 0.25) is 0 Å². The minimum Gasteiger partial charge on any atom is -0.245 e. The van der Waals surface area contributed by atoms with Crippen molar-refractivity contribution in [1.29, 1.82) is 0 Å². The molecule has 1 heteroatoms. The van der Waals surface area contributed by atoms with Gasteiger partial charge >= 0.3 is 0 Å². The van der Waals surface area contributed by atoms with E-state index in [0.29, 0.717) is 0 Å². The summed E-state index contributed by atoms with van der Waals surface area (Å²) in [5.41, 5.74) is 0. The first-order valence-electron chi connectivity index (χ1n) is 1.32. The SMILES string of the molecule is [CH2-]C=CC.[Zn]. The van der Waals surface area contributed by atoms with E-state index in [1.54, 1.807) is 6.08 Å². The van der Waals surface area contributed by atoms with E-state index in [2.05, 4.69) is 6.92 Å². The van der Waals surface area contributed by atoms with E-state index in [-0.39, 0.29) is 19.5 Å². The van der Waals surface area contributed by atoms with Gasteiger partial charge in [0.25, 0.3) is 0 Å². The third-order valence-electron chi connectivity index (χ3n) is 0.236. The van der Waals surface area contributed by atoms with Crippen LogP contribution in [0.4, 0.5) is 0 Å². The Hall–Kier alpha value is 0.233. The van der Waals surface area contributed by atoms with Crippen LogP contribution in [0.2, 0.25) is 0 Å². The van der Waals surface area contributed by atoms with Gasteiger partial charge in [0.1, 0.15) is 0 Å². The van der Waals surface area contributed by atoms with Crippen LogP contribution < -0.4 is 0 Å². The molecule has 0 fully saturated rings. The molecule has 0 aromatic heterocycles. The Kier molecular flexibility index (Phi) is 15.9. The molecule has 0 N–H and O–H groups in total. The smallest absolute Gasteiger partial charge is 0 e. The zero-order valence-corrected chi connectivity index (χ0v) is 6.54. The van der Waals surface area contributed by atoms with Gasteiger partial charge < -0.3 is 0 Å². The van der Waals surface area contributed by atoms with Crippen molar-refractivity contribution >= 4 is 0 Å². The van der Waals surface area contributed by atoms with Crippen LogP contribution in [-0.2, 0) is 19.5 Å². The fourth-order valence-corrected chi connectivity index (χ4v) is 0. The Balaban J connectivity index is 0. The van der Waals surface area contributed by atoms with E-state index in [1.807, 2.05) is 13.0 Å². The van der Waals surface area contributed by atoms with Gasteiger partial charge in [0.05, 0.1) is 0 Å². The summed E-state index contributed by atoms with van der Waals surface area (Å²) in [6, 6.07) is 0. The maximum Gasteiger partial charge on any atom is 0 e. The summed E-state index contributed by atoms with van der Waals surface area (Å²) in [5, 5.41) is 0. The molecule has 0 bridgehead atoms. The van der Waals surface area contributed by atoms with Crippen LogP contribution in [0.3, 0.4) is 0 Å². The molecule has 0 aliphatic rings. The van der Waals surface area contributed by atoms with E-state index in [0.717, 1.165) is 0 Å². The average molecular weight is 120 g/mol. The fourth-order valence-electron chi connectivity index (χ4n) is 0. The first kappa shape index (κ1) is 8.97. The van der Waals surface area contributed by atoms with Crippen LogP contribution >= 0.6 is 0 Å². The Morgan fingerprint density at radius 3 is 1.80 bits per heavy atom. The zero-order chi connectivity index (χ0) is 3.41. The Labute approximate surface area is 46.0 Å². The zero-order valence-electron chi connectivity index (χ0n) is 3.57. The summed E-state index contributed by atoms with van der Waals surface area (Å²) in [4.78, 5) is 0. The number of rotatable bonds is 0. The van der Waals surface area contributed by atoms with Gasteiger partial charge in [-0.1, -0.05) is 0 Å².